The summed E-state index contributed by atoms with van der Waals surface area (Å²) in [4.78, 5) is 3.49. The van der Waals surface area contributed by atoms with E-state index in [0.717, 1.165) is 11.5 Å². The molecule has 0 aliphatic carbocycles. The molecule has 0 fully saturated rings. The summed E-state index contributed by atoms with van der Waals surface area (Å²) in [7, 11) is 0. The van der Waals surface area contributed by atoms with Gasteiger partial charge < -0.3 is 9.73 Å². The lowest BCUT2D eigenvalue weighted by Crippen LogP contribution is -2.05. The normalized spacial score (nSPS) is 12.4. The van der Waals surface area contributed by atoms with Crippen LogP contribution in [0.15, 0.2) is 34.9 Å². The lowest BCUT2D eigenvalue weighted by atomic mass is 10.2. The van der Waals surface area contributed by atoms with Gasteiger partial charge in [0.25, 0.3) is 0 Å². The van der Waals surface area contributed by atoms with Gasteiger partial charge in [-0.3, -0.25) is 0 Å². The van der Waals surface area contributed by atoms with Crippen LogP contribution in [0, 0.1) is 12.9 Å². The number of rotatable bonds is 3. The third-order valence-corrected chi connectivity index (χ3v) is 2.30. The van der Waals surface area contributed by atoms with Crippen LogP contribution in [-0.4, -0.2) is 4.98 Å². The summed E-state index contributed by atoms with van der Waals surface area (Å²) >= 11 is 0. The predicted octanol–water partition coefficient (Wildman–Crippen LogP) is 3.30. The molecule has 0 spiro atoms. The Morgan fingerprint density at radius 1 is 1.38 bits per heavy atom. The summed E-state index contributed by atoms with van der Waals surface area (Å²) in [6.07, 6.45) is 1.43. The first-order valence-corrected chi connectivity index (χ1v) is 5.09. The molecule has 0 bridgehead atoms. The molecule has 2 heterocycles. The molecule has 0 aromatic carbocycles. The maximum atomic E-state index is 12.8. The highest BCUT2D eigenvalue weighted by molar-refractivity contribution is 5.43. The van der Waals surface area contributed by atoms with Crippen molar-refractivity contribution in [3.05, 3.63) is 47.9 Å². The molecule has 0 saturated carbocycles. The highest BCUT2D eigenvalue weighted by atomic mass is 19.1. The molecule has 1 unspecified atom stereocenters. The van der Waals surface area contributed by atoms with Crippen molar-refractivity contribution in [2.45, 2.75) is 19.9 Å². The van der Waals surface area contributed by atoms with E-state index in [-0.39, 0.29) is 6.04 Å². The summed E-state index contributed by atoms with van der Waals surface area (Å²) < 4.78 is 18.3. The summed E-state index contributed by atoms with van der Waals surface area (Å²) in [5.74, 6) is 1.20. The average molecular weight is 220 g/mol. The molecule has 2 aromatic heterocycles. The van der Waals surface area contributed by atoms with E-state index in [2.05, 4.69) is 10.3 Å². The van der Waals surface area contributed by atoms with Crippen LogP contribution >= 0.6 is 0 Å². The second kappa shape index (κ2) is 4.35. The van der Waals surface area contributed by atoms with Gasteiger partial charge in [-0.1, -0.05) is 0 Å². The molecule has 0 amide bonds. The quantitative estimate of drug-likeness (QED) is 0.806. The highest BCUT2D eigenvalue weighted by Crippen LogP contribution is 2.20. The van der Waals surface area contributed by atoms with Crippen LogP contribution in [0.5, 0.6) is 0 Å². The van der Waals surface area contributed by atoms with E-state index in [4.69, 9.17) is 4.42 Å². The van der Waals surface area contributed by atoms with E-state index in [9.17, 15) is 4.39 Å². The van der Waals surface area contributed by atoms with Crippen molar-refractivity contribution < 1.29 is 8.81 Å². The largest absolute Gasteiger partial charge is 0.464 e. The minimum absolute atomic E-state index is 0.00417. The van der Waals surface area contributed by atoms with Gasteiger partial charge in [0.05, 0.1) is 6.04 Å². The van der Waals surface area contributed by atoms with Crippen molar-refractivity contribution in [1.82, 2.24) is 4.98 Å². The Morgan fingerprint density at radius 2 is 2.19 bits per heavy atom. The van der Waals surface area contributed by atoms with E-state index in [1.807, 2.05) is 26.0 Å². The van der Waals surface area contributed by atoms with Crippen LogP contribution in [0.3, 0.4) is 0 Å². The van der Waals surface area contributed by atoms with Crippen LogP contribution < -0.4 is 5.32 Å². The van der Waals surface area contributed by atoms with Gasteiger partial charge >= 0.3 is 0 Å². The molecule has 1 N–H and O–H groups in total. The zero-order valence-electron chi connectivity index (χ0n) is 9.20. The Kier molecular flexibility index (Phi) is 2.90. The first-order chi connectivity index (χ1) is 7.65. The molecule has 0 radical (unpaired) electrons. The lowest BCUT2D eigenvalue weighted by Gasteiger charge is -2.12. The van der Waals surface area contributed by atoms with Gasteiger partial charge in [0.15, 0.2) is 0 Å². The Balaban J connectivity index is 2.10. The number of halogens is 1. The first kappa shape index (κ1) is 10.7. The minimum Gasteiger partial charge on any atom is -0.464 e. The van der Waals surface area contributed by atoms with E-state index >= 15 is 0 Å². The summed E-state index contributed by atoms with van der Waals surface area (Å²) in [6.45, 7) is 3.85. The van der Waals surface area contributed by atoms with Gasteiger partial charge in [-0.25, -0.2) is 4.98 Å². The Labute approximate surface area is 93.3 Å². The molecule has 84 valence electrons. The number of aryl methyl sites for hydroxylation is 1. The Bertz CT molecular complexity index is 481. The number of hydrogen-bond donors (Lipinski definition) is 1. The zero-order valence-corrected chi connectivity index (χ0v) is 9.20. The standard InChI is InChI=1S/C12H13FN2O/c1-8-3-4-11(16-8)9(2)15-10-5-6-14-12(13)7-10/h3-7,9H,1-2H3,(H,14,15). The molecule has 16 heavy (non-hydrogen) atoms. The lowest BCUT2D eigenvalue weighted by molar-refractivity contribution is 0.466. The van der Waals surface area contributed by atoms with Crippen molar-refractivity contribution >= 4 is 5.69 Å². The van der Waals surface area contributed by atoms with Crippen LogP contribution in [0.1, 0.15) is 24.5 Å². The molecular weight excluding hydrogens is 207 g/mol. The van der Waals surface area contributed by atoms with E-state index in [1.165, 1.54) is 12.3 Å². The van der Waals surface area contributed by atoms with Gasteiger partial charge in [0.1, 0.15) is 11.5 Å². The third kappa shape index (κ3) is 2.39. The van der Waals surface area contributed by atoms with E-state index < -0.39 is 5.95 Å². The molecular formula is C12H13FN2O. The number of pyridine rings is 1. The van der Waals surface area contributed by atoms with Gasteiger partial charge in [-0.2, -0.15) is 4.39 Å². The van der Waals surface area contributed by atoms with Crippen molar-refractivity contribution in [2.24, 2.45) is 0 Å². The van der Waals surface area contributed by atoms with Crippen LogP contribution in [-0.2, 0) is 0 Å². The van der Waals surface area contributed by atoms with Crippen molar-refractivity contribution in [3.63, 3.8) is 0 Å². The predicted molar refractivity (Wildman–Crippen MR) is 59.7 cm³/mol. The number of anilines is 1. The van der Waals surface area contributed by atoms with Crippen LogP contribution in [0.2, 0.25) is 0 Å². The molecule has 0 saturated heterocycles. The number of furan rings is 1. The summed E-state index contributed by atoms with van der Waals surface area (Å²) in [6, 6.07) is 6.88. The van der Waals surface area contributed by atoms with Crippen LogP contribution in [0.25, 0.3) is 0 Å². The van der Waals surface area contributed by atoms with Crippen LogP contribution in [0.4, 0.5) is 10.1 Å². The number of hydrogen-bond acceptors (Lipinski definition) is 3. The highest BCUT2D eigenvalue weighted by Gasteiger charge is 2.09. The smallest absolute Gasteiger partial charge is 0.214 e. The minimum atomic E-state index is -0.493. The second-order valence-electron chi connectivity index (χ2n) is 3.68. The summed E-state index contributed by atoms with van der Waals surface area (Å²) in [5, 5.41) is 3.14. The van der Waals surface area contributed by atoms with Crippen molar-refractivity contribution in [1.29, 1.82) is 0 Å². The topological polar surface area (TPSA) is 38.1 Å². The van der Waals surface area contributed by atoms with Gasteiger partial charge in [0, 0.05) is 18.0 Å². The molecule has 4 heteroatoms. The van der Waals surface area contributed by atoms with E-state index in [1.54, 1.807) is 6.07 Å². The average Bonchev–Trinajstić information content (AvgIpc) is 2.65. The molecule has 2 aromatic rings. The molecule has 0 aliphatic rings. The second-order valence-corrected chi connectivity index (χ2v) is 3.68. The van der Waals surface area contributed by atoms with Crippen molar-refractivity contribution in [3.8, 4) is 0 Å². The van der Waals surface area contributed by atoms with Gasteiger partial charge in [-0.15, -0.1) is 0 Å². The fourth-order valence-corrected chi connectivity index (χ4v) is 1.50. The summed E-state index contributed by atoms with van der Waals surface area (Å²) in [5.41, 5.74) is 0.689. The number of nitrogens with zero attached hydrogens (tertiary/aromatic N) is 1. The van der Waals surface area contributed by atoms with E-state index in [0.29, 0.717) is 5.69 Å². The SMILES string of the molecule is Cc1ccc(C(C)Nc2ccnc(F)c2)o1. The van der Waals surface area contributed by atoms with Gasteiger partial charge in [0.2, 0.25) is 5.95 Å². The monoisotopic (exact) mass is 220 g/mol. The Hall–Kier alpha value is -1.84. The third-order valence-electron chi connectivity index (χ3n) is 2.30. The Morgan fingerprint density at radius 3 is 2.81 bits per heavy atom. The zero-order chi connectivity index (χ0) is 11.5. The fraction of sp³-hybridized carbons (Fsp3) is 0.250. The molecule has 1 atom stereocenters. The molecule has 2 rings (SSSR count). The maximum Gasteiger partial charge on any atom is 0.214 e. The van der Waals surface area contributed by atoms with Gasteiger partial charge in [-0.05, 0) is 32.0 Å². The van der Waals surface area contributed by atoms with Crippen molar-refractivity contribution in [2.75, 3.05) is 5.32 Å². The molecule has 0 aliphatic heterocycles. The number of aromatic nitrogens is 1. The molecule has 3 nitrogen and oxygen atoms in total. The fourth-order valence-electron chi connectivity index (χ4n) is 1.50. The maximum absolute atomic E-state index is 12.8. The number of nitrogens with one attached hydrogen (secondary N) is 1. The first-order valence-electron chi connectivity index (χ1n) is 5.09.